The smallest absolute Gasteiger partial charge is 0.328 e. The van der Waals surface area contributed by atoms with E-state index in [1.165, 1.54) is 20.2 Å². The Labute approximate surface area is 162 Å². The average Bonchev–Trinajstić information content (AvgIpc) is 2.70. The minimum atomic E-state index is -0.530. The number of hydrogen-bond donors (Lipinski definition) is 2. The van der Waals surface area contributed by atoms with Crippen LogP contribution in [-0.2, 0) is 14.1 Å². The molecule has 0 saturated carbocycles. The van der Waals surface area contributed by atoms with Gasteiger partial charge in [0.2, 0.25) is 0 Å². The van der Waals surface area contributed by atoms with E-state index in [4.69, 9.17) is 0 Å². The van der Waals surface area contributed by atoms with Crippen molar-refractivity contribution in [2.24, 2.45) is 14.1 Å². The fourth-order valence-electron chi connectivity index (χ4n) is 3.23. The van der Waals surface area contributed by atoms with Gasteiger partial charge in [-0.3, -0.25) is 28.7 Å². The Hall–Kier alpha value is -3.95. The number of fused-ring (bicyclic) bond motifs is 2. The Morgan fingerprint density at radius 1 is 0.966 bits per heavy atom. The SMILES string of the molecule is CCN(c1ccc2nc3[nH]c(=O)n(C)c(=O)c3cc2c1)c1cc(=O)n(C)c(=O)[nH]1. The van der Waals surface area contributed by atoms with E-state index in [-0.39, 0.29) is 5.65 Å². The van der Waals surface area contributed by atoms with Crippen molar-refractivity contribution in [1.29, 1.82) is 0 Å². The van der Waals surface area contributed by atoms with Crippen molar-refractivity contribution in [3.63, 3.8) is 0 Å². The summed E-state index contributed by atoms with van der Waals surface area (Å²) in [6, 6.07) is 8.38. The number of aromatic amines is 2. The first-order valence-corrected chi connectivity index (χ1v) is 8.92. The van der Waals surface area contributed by atoms with Crippen LogP contribution in [0.3, 0.4) is 0 Å². The molecule has 10 nitrogen and oxygen atoms in total. The van der Waals surface area contributed by atoms with Crippen molar-refractivity contribution in [3.8, 4) is 0 Å². The van der Waals surface area contributed by atoms with Crippen LogP contribution in [-0.4, -0.2) is 30.6 Å². The first-order chi connectivity index (χ1) is 13.8. The zero-order chi connectivity index (χ0) is 20.9. The monoisotopic (exact) mass is 394 g/mol. The molecule has 0 aliphatic rings. The van der Waals surface area contributed by atoms with E-state index in [1.54, 1.807) is 23.1 Å². The maximum Gasteiger partial charge on any atom is 0.329 e. The number of rotatable bonds is 3. The maximum atomic E-state index is 12.4. The predicted molar refractivity (Wildman–Crippen MR) is 110 cm³/mol. The van der Waals surface area contributed by atoms with Gasteiger partial charge in [0, 0.05) is 37.8 Å². The molecule has 0 saturated heterocycles. The number of H-pyrrole nitrogens is 2. The van der Waals surface area contributed by atoms with Gasteiger partial charge in [-0.25, -0.2) is 14.6 Å². The van der Waals surface area contributed by atoms with Gasteiger partial charge in [0.15, 0.2) is 0 Å². The third-order valence-corrected chi connectivity index (χ3v) is 4.91. The summed E-state index contributed by atoms with van der Waals surface area (Å²) in [5.41, 5.74) is -0.356. The van der Waals surface area contributed by atoms with Gasteiger partial charge in [0.1, 0.15) is 11.5 Å². The fraction of sp³-hybridized carbons (Fsp3) is 0.211. The molecule has 4 aromatic rings. The van der Waals surface area contributed by atoms with Crippen LogP contribution in [0.5, 0.6) is 0 Å². The number of nitrogens with zero attached hydrogens (tertiary/aromatic N) is 4. The van der Waals surface area contributed by atoms with Crippen LogP contribution in [0.4, 0.5) is 11.5 Å². The summed E-state index contributed by atoms with van der Waals surface area (Å²) < 4.78 is 1.98. The molecule has 0 atom stereocenters. The minimum Gasteiger partial charge on any atom is -0.328 e. The molecule has 0 aliphatic heterocycles. The van der Waals surface area contributed by atoms with E-state index in [1.807, 2.05) is 13.0 Å². The first kappa shape index (κ1) is 18.4. The lowest BCUT2D eigenvalue weighted by atomic mass is 10.1. The summed E-state index contributed by atoms with van der Waals surface area (Å²) in [6.45, 7) is 2.38. The minimum absolute atomic E-state index is 0.224. The highest BCUT2D eigenvalue weighted by molar-refractivity contribution is 5.92. The lowest BCUT2D eigenvalue weighted by Crippen LogP contribution is -2.34. The van der Waals surface area contributed by atoms with Gasteiger partial charge in [-0.15, -0.1) is 0 Å². The van der Waals surface area contributed by atoms with Crippen molar-refractivity contribution in [1.82, 2.24) is 24.1 Å². The van der Waals surface area contributed by atoms with Crippen LogP contribution < -0.4 is 27.4 Å². The lowest BCUT2D eigenvalue weighted by molar-refractivity contribution is 0.769. The van der Waals surface area contributed by atoms with Gasteiger partial charge in [-0.05, 0) is 31.2 Å². The first-order valence-electron chi connectivity index (χ1n) is 8.92. The zero-order valence-electron chi connectivity index (χ0n) is 16.0. The molecule has 0 spiro atoms. The lowest BCUT2D eigenvalue weighted by Gasteiger charge is -2.23. The summed E-state index contributed by atoms with van der Waals surface area (Å²) in [4.78, 5) is 59.6. The number of nitrogens with one attached hydrogen (secondary N) is 2. The standard InChI is InChI=1S/C19H18N6O4/c1-4-25(14-9-15(26)23(2)18(28)21-14)11-5-6-13-10(7-11)8-12-16(20-13)22-19(29)24(3)17(12)27/h5-9H,4H2,1-3H3,(H,21,28)(H,20,22,29). The molecule has 0 aliphatic carbocycles. The molecule has 2 N–H and O–H groups in total. The molecule has 29 heavy (non-hydrogen) atoms. The highest BCUT2D eigenvalue weighted by Crippen LogP contribution is 2.26. The van der Waals surface area contributed by atoms with Crippen LogP contribution in [0.1, 0.15) is 6.92 Å². The Kier molecular flexibility index (Phi) is 4.18. The summed E-state index contributed by atoms with van der Waals surface area (Å²) in [5.74, 6) is 0.369. The second kappa shape index (κ2) is 6.59. The van der Waals surface area contributed by atoms with Crippen LogP contribution in [0, 0.1) is 0 Å². The molecule has 148 valence electrons. The summed E-state index contributed by atoms with van der Waals surface area (Å²) in [7, 11) is 2.80. The second-order valence-corrected chi connectivity index (χ2v) is 6.66. The van der Waals surface area contributed by atoms with Crippen LogP contribution >= 0.6 is 0 Å². The van der Waals surface area contributed by atoms with Crippen molar-refractivity contribution >= 4 is 33.4 Å². The van der Waals surface area contributed by atoms with E-state index < -0.39 is 22.5 Å². The molecule has 0 fully saturated rings. The van der Waals surface area contributed by atoms with E-state index in [0.29, 0.717) is 34.3 Å². The van der Waals surface area contributed by atoms with E-state index in [2.05, 4.69) is 15.0 Å². The van der Waals surface area contributed by atoms with Gasteiger partial charge in [0.25, 0.3) is 11.1 Å². The second-order valence-electron chi connectivity index (χ2n) is 6.66. The van der Waals surface area contributed by atoms with Gasteiger partial charge in [0.05, 0.1) is 10.9 Å². The molecule has 10 heteroatoms. The Balaban J connectivity index is 1.93. The van der Waals surface area contributed by atoms with Crippen LogP contribution in [0.25, 0.3) is 21.9 Å². The summed E-state index contributed by atoms with van der Waals surface area (Å²) in [5, 5.41) is 0.977. The molecule has 0 bridgehead atoms. The van der Waals surface area contributed by atoms with Gasteiger partial charge >= 0.3 is 11.4 Å². The van der Waals surface area contributed by atoms with Gasteiger partial charge in [-0.2, -0.15) is 0 Å². The summed E-state index contributed by atoms with van der Waals surface area (Å²) in [6.07, 6.45) is 0. The Morgan fingerprint density at radius 3 is 2.38 bits per heavy atom. The van der Waals surface area contributed by atoms with Crippen molar-refractivity contribution in [2.45, 2.75) is 6.92 Å². The largest absolute Gasteiger partial charge is 0.329 e. The van der Waals surface area contributed by atoms with E-state index in [9.17, 15) is 19.2 Å². The predicted octanol–water partition coefficient (Wildman–Crippen LogP) is 0.320. The molecule has 0 radical (unpaired) electrons. The van der Waals surface area contributed by atoms with Gasteiger partial charge in [-0.1, -0.05) is 0 Å². The number of anilines is 2. The number of pyridine rings is 1. The third kappa shape index (κ3) is 2.94. The molecule has 4 rings (SSSR count). The molecule has 3 aromatic heterocycles. The van der Waals surface area contributed by atoms with Gasteiger partial charge < -0.3 is 4.90 Å². The average molecular weight is 394 g/mol. The van der Waals surface area contributed by atoms with Crippen molar-refractivity contribution < 1.29 is 0 Å². The fourth-order valence-corrected chi connectivity index (χ4v) is 3.23. The topological polar surface area (TPSA) is 126 Å². The quantitative estimate of drug-likeness (QED) is 0.482. The van der Waals surface area contributed by atoms with Crippen molar-refractivity contribution in [2.75, 3.05) is 11.4 Å². The van der Waals surface area contributed by atoms with E-state index in [0.717, 1.165) is 9.13 Å². The number of aromatic nitrogens is 5. The van der Waals surface area contributed by atoms with E-state index >= 15 is 0 Å². The molecule has 3 heterocycles. The van der Waals surface area contributed by atoms with Crippen molar-refractivity contribution in [3.05, 3.63) is 72.0 Å². The maximum absolute atomic E-state index is 12.4. The Morgan fingerprint density at radius 2 is 1.69 bits per heavy atom. The molecular weight excluding hydrogens is 376 g/mol. The summed E-state index contributed by atoms with van der Waals surface area (Å²) >= 11 is 0. The number of benzene rings is 1. The number of hydrogen-bond acceptors (Lipinski definition) is 6. The zero-order valence-corrected chi connectivity index (χ0v) is 16.0. The third-order valence-electron chi connectivity index (χ3n) is 4.91. The van der Waals surface area contributed by atoms with Crippen LogP contribution in [0.2, 0.25) is 0 Å². The molecule has 1 aromatic carbocycles. The molecule has 0 amide bonds. The highest BCUT2D eigenvalue weighted by atomic mass is 16.2. The Bertz CT molecular complexity index is 1480. The highest BCUT2D eigenvalue weighted by Gasteiger charge is 2.13. The normalized spacial score (nSPS) is 11.3. The van der Waals surface area contributed by atoms with Crippen LogP contribution in [0.15, 0.2) is 49.5 Å². The molecular formula is C19H18N6O4. The molecule has 0 unspecified atom stereocenters.